The predicted molar refractivity (Wildman–Crippen MR) is 134 cm³/mol. The number of carbonyl (C=O) groups excluding carboxylic acids is 1. The van der Waals surface area contributed by atoms with Gasteiger partial charge in [-0.1, -0.05) is 38.2 Å². The van der Waals surface area contributed by atoms with Gasteiger partial charge < -0.3 is 4.90 Å². The molecule has 0 saturated heterocycles. The van der Waals surface area contributed by atoms with Gasteiger partial charge in [0.15, 0.2) is 5.13 Å². The fraction of sp³-hybridized carbons (Fsp3) is 0.391. The van der Waals surface area contributed by atoms with Crippen LogP contribution in [-0.2, 0) is 0 Å². The third-order valence-electron chi connectivity index (χ3n) is 5.01. The van der Waals surface area contributed by atoms with Crippen molar-refractivity contribution in [3.8, 4) is 0 Å². The second kappa shape index (κ2) is 11.2. The first-order valence-corrected chi connectivity index (χ1v) is 13.3. The smallest absolute Gasteiger partial charge is 0.260 e. The Bertz CT molecular complexity index is 967. The van der Waals surface area contributed by atoms with Gasteiger partial charge in [0, 0.05) is 28.4 Å². The Morgan fingerprint density at radius 3 is 2.40 bits per heavy atom. The van der Waals surface area contributed by atoms with Gasteiger partial charge in [0.25, 0.3) is 5.91 Å². The maximum absolute atomic E-state index is 13.5. The largest absolute Gasteiger partial charge is 0.302 e. The summed E-state index contributed by atoms with van der Waals surface area (Å²) in [5, 5.41) is 0.774. The Morgan fingerprint density at radius 1 is 1.03 bits per heavy atom. The number of amides is 1. The molecule has 4 nitrogen and oxygen atoms in total. The van der Waals surface area contributed by atoms with Gasteiger partial charge in [-0.15, -0.1) is 23.5 Å². The zero-order chi connectivity index (χ0) is 21.5. The molecule has 2 aromatic carbocycles. The molecule has 1 aromatic heterocycles. The van der Waals surface area contributed by atoms with Crippen LogP contribution in [0.25, 0.3) is 10.2 Å². The van der Waals surface area contributed by atoms with E-state index in [4.69, 9.17) is 4.98 Å². The Balaban J connectivity index is 1.94. The number of hydrogen-bond donors (Lipinski definition) is 0. The number of anilines is 1. The van der Waals surface area contributed by atoms with Crippen LogP contribution in [0.4, 0.5) is 5.13 Å². The van der Waals surface area contributed by atoms with Crippen LogP contribution >= 0.6 is 34.9 Å². The van der Waals surface area contributed by atoms with Crippen molar-refractivity contribution in [1.29, 1.82) is 0 Å². The van der Waals surface area contributed by atoms with Crippen molar-refractivity contribution in [3.63, 3.8) is 0 Å². The number of para-hydroxylation sites is 1. The molecular formula is C23H29N3OS3. The van der Waals surface area contributed by atoms with Crippen LogP contribution in [-0.4, -0.2) is 54.0 Å². The number of hydrogen-bond acceptors (Lipinski definition) is 6. The van der Waals surface area contributed by atoms with E-state index in [0.29, 0.717) is 12.1 Å². The monoisotopic (exact) mass is 459 g/mol. The zero-order valence-corrected chi connectivity index (χ0v) is 20.5. The van der Waals surface area contributed by atoms with Crippen LogP contribution < -0.4 is 4.90 Å². The van der Waals surface area contributed by atoms with Gasteiger partial charge in [-0.05, 0) is 61.5 Å². The molecule has 1 amide bonds. The minimum absolute atomic E-state index is 0.0139. The number of likely N-dealkylation sites (N-methyl/N-ethyl adjacent to an activating group) is 1. The first-order valence-electron chi connectivity index (χ1n) is 10.3. The summed E-state index contributed by atoms with van der Waals surface area (Å²) in [6.07, 6.45) is 2.06. The second-order valence-electron chi connectivity index (χ2n) is 6.74. The molecule has 3 aromatic rings. The van der Waals surface area contributed by atoms with Crippen LogP contribution in [0.15, 0.2) is 52.3 Å². The predicted octanol–water partition coefficient (Wildman–Crippen LogP) is 6.12. The first kappa shape index (κ1) is 23.1. The van der Waals surface area contributed by atoms with E-state index < -0.39 is 0 Å². The van der Waals surface area contributed by atoms with Crippen molar-refractivity contribution in [2.45, 2.75) is 30.6 Å². The third kappa shape index (κ3) is 5.38. The molecule has 7 heteroatoms. The Hall–Kier alpha value is -1.54. The lowest BCUT2D eigenvalue weighted by molar-refractivity contribution is 0.0983. The molecule has 3 rings (SSSR count). The lowest BCUT2D eigenvalue weighted by atomic mass is 10.2. The Kier molecular flexibility index (Phi) is 8.62. The molecule has 0 unspecified atom stereocenters. The fourth-order valence-electron chi connectivity index (χ4n) is 3.27. The number of rotatable bonds is 10. The van der Waals surface area contributed by atoms with Crippen molar-refractivity contribution in [3.05, 3.63) is 48.0 Å². The minimum Gasteiger partial charge on any atom is -0.302 e. The quantitative estimate of drug-likeness (QED) is 0.341. The van der Waals surface area contributed by atoms with Crippen molar-refractivity contribution >= 4 is 56.1 Å². The normalized spacial score (nSPS) is 11.4. The summed E-state index contributed by atoms with van der Waals surface area (Å²) in [6.45, 7) is 9.84. The van der Waals surface area contributed by atoms with Crippen molar-refractivity contribution < 1.29 is 4.79 Å². The number of thiazole rings is 1. The van der Waals surface area contributed by atoms with Gasteiger partial charge in [-0.3, -0.25) is 9.69 Å². The van der Waals surface area contributed by atoms with Crippen LogP contribution in [0.3, 0.4) is 0 Å². The van der Waals surface area contributed by atoms with Crippen molar-refractivity contribution in [2.24, 2.45) is 0 Å². The standard InChI is InChI=1S/C23H29N3OS3/c1-5-25(6-2)15-16-26(22(27)17-11-13-18(14-12-17)29-7-3)23-24-21-19(28-4)9-8-10-20(21)30-23/h8-14H,5-7,15-16H2,1-4H3. The number of carbonyl (C=O) groups is 1. The molecule has 0 spiro atoms. The molecule has 0 fully saturated rings. The molecule has 30 heavy (non-hydrogen) atoms. The summed E-state index contributed by atoms with van der Waals surface area (Å²) >= 11 is 5.07. The lowest BCUT2D eigenvalue weighted by Gasteiger charge is -2.24. The number of benzene rings is 2. The van der Waals surface area contributed by atoms with Crippen LogP contribution in [0.1, 0.15) is 31.1 Å². The van der Waals surface area contributed by atoms with Gasteiger partial charge >= 0.3 is 0 Å². The third-order valence-corrected chi connectivity index (χ3v) is 7.72. The first-order chi connectivity index (χ1) is 14.6. The summed E-state index contributed by atoms with van der Waals surface area (Å²) < 4.78 is 1.12. The molecular weight excluding hydrogens is 430 g/mol. The average molecular weight is 460 g/mol. The maximum Gasteiger partial charge on any atom is 0.260 e. The molecule has 0 aliphatic rings. The average Bonchev–Trinajstić information content (AvgIpc) is 3.21. The van der Waals surface area contributed by atoms with E-state index >= 15 is 0 Å². The molecule has 0 bridgehead atoms. The number of nitrogens with zero attached hydrogens (tertiary/aromatic N) is 3. The Labute approximate surface area is 192 Å². The highest BCUT2D eigenvalue weighted by atomic mass is 32.2. The number of aromatic nitrogens is 1. The molecule has 0 radical (unpaired) electrons. The highest BCUT2D eigenvalue weighted by Gasteiger charge is 2.22. The molecule has 160 valence electrons. The second-order valence-corrected chi connectivity index (χ2v) is 9.94. The van der Waals surface area contributed by atoms with E-state index in [1.165, 1.54) is 4.90 Å². The van der Waals surface area contributed by atoms with Gasteiger partial charge in [-0.25, -0.2) is 4.98 Å². The van der Waals surface area contributed by atoms with E-state index in [0.717, 1.165) is 45.6 Å². The SMILES string of the molecule is CCSc1ccc(C(=O)N(CCN(CC)CC)c2nc3c(SC)cccc3s2)cc1. The van der Waals surface area contributed by atoms with Gasteiger partial charge in [-0.2, -0.15) is 0 Å². The molecule has 0 aliphatic carbocycles. The minimum atomic E-state index is 0.0139. The van der Waals surface area contributed by atoms with E-state index in [1.807, 2.05) is 29.2 Å². The summed E-state index contributed by atoms with van der Waals surface area (Å²) in [5.41, 5.74) is 1.69. The molecule has 0 aliphatic heterocycles. The maximum atomic E-state index is 13.5. The summed E-state index contributed by atoms with van der Waals surface area (Å²) in [4.78, 5) is 24.9. The lowest BCUT2D eigenvalue weighted by Crippen LogP contribution is -2.38. The number of fused-ring (bicyclic) bond motifs is 1. The zero-order valence-electron chi connectivity index (χ0n) is 18.1. The van der Waals surface area contributed by atoms with E-state index in [2.05, 4.69) is 50.1 Å². The van der Waals surface area contributed by atoms with Crippen LogP contribution in [0.5, 0.6) is 0 Å². The highest BCUT2D eigenvalue weighted by Crippen LogP contribution is 2.34. The summed E-state index contributed by atoms with van der Waals surface area (Å²) in [6, 6.07) is 14.2. The van der Waals surface area contributed by atoms with E-state index in [9.17, 15) is 4.79 Å². The van der Waals surface area contributed by atoms with Crippen molar-refractivity contribution in [2.75, 3.05) is 43.1 Å². The molecule has 0 N–H and O–H groups in total. The molecule has 1 heterocycles. The van der Waals surface area contributed by atoms with Crippen molar-refractivity contribution in [1.82, 2.24) is 9.88 Å². The highest BCUT2D eigenvalue weighted by molar-refractivity contribution is 7.99. The summed E-state index contributed by atoms with van der Waals surface area (Å²) in [7, 11) is 0. The topological polar surface area (TPSA) is 36.4 Å². The fourth-order valence-corrected chi connectivity index (χ4v) is 5.58. The summed E-state index contributed by atoms with van der Waals surface area (Å²) in [5.74, 6) is 1.03. The van der Waals surface area contributed by atoms with Crippen LogP contribution in [0, 0.1) is 0 Å². The van der Waals surface area contributed by atoms with Gasteiger partial charge in [0.1, 0.15) is 0 Å². The van der Waals surface area contributed by atoms with Gasteiger partial charge in [0.05, 0.1) is 10.2 Å². The molecule has 0 saturated carbocycles. The van der Waals surface area contributed by atoms with E-state index in [-0.39, 0.29) is 5.91 Å². The van der Waals surface area contributed by atoms with Crippen LogP contribution in [0.2, 0.25) is 0 Å². The molecule has 0 atom stereocenters. The van der Waals surface area contributed by atoms with E-state index in [1.54, 1.807) is 34.9 Å². The van der Waals surface area contributed by atoms with Gasteiger partial charge in [0.2, 0.25) is 0 Å². The Morgan fingerprint density at radius 2 is 1.77 bits per heavy atom. The number of thioether (sulfide) groups is 2.